The number of rotatable bonds is 3. The van der Waals surface area contributed by atoms with Gasteiger partial charge in [-0.15, -0.1) is 0 Å². The molecule has 19 heavy (non-hydrogen) atoms. The zero-order valence-corrected chi connectivity index (χ0v) is 11.8. The summed E-state index contributed by atoms with van der Waals surface area (Å²) < 4.78 is 12.1. The molecule has 1 heterocycles. The van der Waals surface area contributed by atoms with Gasteiger partial charge in [-0.05, 0) is 37.5 Å². The maximum absolute atomic E-state index is 6.14. The predicted octanol–water partition coefficient (Wildman–Crippen LogP) is 3.28. The van der Waals surface area contributed by atoms with Crippen LogP contribution in [-0.2, 0) is 11.3 Å². The molecule has 1 aromatic rings. The molecule has 3 rings (SSSR count). The molecule has 1 aliphatic heterocycles. The molecule has 1 saturated carbocycles. The third-order valence-corrected chi connectivity index (χ3v) is 4.48. The Hall–Kier alpha value is -0.770. The number of hydrogen-bond donors (Lipinski definition) is 1. The van der Waals surface area contributed by atoms with Crippen LogP contribution in [0.15, 0.2) is 18.2 Å². The van der Waals surface area contributed by atoms with Gasteiger partial charge in [-0.2, -0.15) is 0 Å². The fraction of sp³-hybridized carbons (Fsp3) is 0.600. The molecule has 0 aromatic heterocycles. The van der Waals surface area contributed by atoms with Crippen LogP contribution in [0.5, 0.6) is 5.75 Å². The Morgan fingerprint density at radius 1 is 1.42 bits per heavy atom. The van der Waals surface area contributed by atoms with Gasteiger partial charge in [0.2, 0.25) is 0 Å². The third kappa shape index (κ3) is 2.73. The van der Waals surface area contributed by atoms with Gasteiger partial charge < -0.3 is 15.2 Å². The van der Waals surface area contributed by atoms with Crippen LogP contribution in [0, 0.1) is 0 Å². The second-order valence-corrected chi connectivity index (χ2v) is 6.01. The first-order valence-electron chi connectivity index (χ1n) is 7.00. The molecule has 0 amide bonds. The maximum Gasteiger partial charge on any atom is 0.124 e. The Kier molecular flexibility index (Phi) is 3.70. The first-order valence-corrected chi connectivity index (χ1v) is 7.38. The number of halogens is 1. The Balaban J connectivity index is 1.70. The molecule has 104 valence electrons. The van der Waals surface area contributed by atoms with E-state index in [-0.39, 0.29) is 11.7 Å². The second-order valence-electron chi connectivity index (χ2n) is 5.57. The summed E-state index contributed by atoms with van der Waals surface area (Å²) in [6.45, 7) is 1.25. The van der Waals surface area contributed by atoms with Crippen molar-refractivity contribution >= 4 is 11.6 Å². The minimum atomic E-state index is 0.109. The zero-order chi connectivity index (χ0) is 13.3. The van der Waals surface area contributed by atoms with Gasteiger partial charge in [0.25, 0.3) is 0 Å². The molecule has 1 atom stereocenters. The van der Waals surface area contributed by atoms with Crippen LogP contribution >= 0.6 is 11.6 Å². The molecule has 3 nitrogen and oxygen atoms in total. The van der Waals surface area contributed by atoms with Gasteiger partial charge >= 0.3 is 0 Å². The molecular weight excluding hydrogens is 262 g/mol. The highest BCUT2D eigenvalue weighted by Crippen LogP contribution is 2.43. The summed E-state index contributed by atoms with van der Waals surface area (Å²) in [6, 6.07) is 5.66. The predicted molar refractivity (Wildman–Crippen MR) is 75.5 cm³/mol. The van der Waals surface area contributed by atoms with Crippen LogP contribution in [0.25, 0.3) is 0 Å². The largest absolute Gasteiger partial charge is 0.490 e. The monoisotopic (exact) mass is 281 g/mol. The van der Waals surface area contributed by atoms with Crippen molar-refractivity contribution in [1.29, 1.82) is 0 Å². The van der Waals surface area contributed by atoms with Gasteiger partial charge in [0.1, 0.15) is 11.9 Å². The summed E-state index contributed by atoms with van der Waals surface area (Å²) in [6.07, 6.45) is 5.82. The van der Waals surface area contributed by atoms with Gasteiger partial charge in [-0.3, -0.25) is 0 Å². The van der Waals surface area contributed by atoms with Crippen LogP contribution in [-0.4, -0.2) is 18.3 Å². The summed E-state index contributed by atoms with van der Waals surface area (Å²) in [4.78, 5) is 0. The molecule has 4 heteroatoms. The van der Waals surface area contributed by atoms with E-state index in [1.807, 2.05) is 18.2 Å². The van der Waals surface area contributed by atoms with Crippen LogP contribution in [0.4, 0.5) is 0 Å². The average molecular weight is 282 g/mol. The summed E-state index contributed by atoms with van der Waals surface area (Å²) >= 11 is 5.98. The Morgan fingerprint density at radius 3 is 2.95 bits per heavy atom. The molecule has 1 spiro atoms. The third-order valence-electron chi connectivity index (χ3n) is 4.25. The molecule has 0 radical (unpaired) electrons. The Morgan fingerprint density at radius 2 is 2.26 bits per heavy atom. The SMILES string of the molecule is NCc1cc(Cl)ccc1OC1CCOC2(CCC2)C1. The summed E-state index contributed by atoms with van der Waals surface area (Å²) in [7, 11) is 0. The highest BCUT2D eigenvalue weighted by Gasteiger charge is 2.43. The van der Waals surface area contributed by atoms with Crippen molar-refractivity contribution in [3.63, 3.8) is 0 Å². The molecule has 1 saturated heterocycles. The number of benzene rings is 1. The fourth-order valence-corrected chi connectivity index (χ4v) is 3.20. The van der Waals surface area contributed by atoms with Crippen molar-refractivity contribution in [3.05, 3.63) is 28.8 Å². The van der Waals surface area contributed by atoms with Crippen molar-refractivity contribution in [2.45, 2.75) is 50.4 Å². The van der Waals surface area contributed by atoms with Crippen LogP contribution in [0.2, 0.25) is 5.02 Å². The van der Waals surface area contributed by atoms with Crippen molar-refractivity contribution in [1.82, 2.24) is 0 Å². The first kappa shape index (κ1) is 13.2. The molecule has 2 N–H and O–H groups in total. The molecule has 0 bridgehead atoms. The van der Waals surface area contributed by atoms with Crippen LogP contribution < -0.4 is 10.5 Å². The smallest absolute Gasteiger partial charge is 0.124 e. The molecular formula is C15H20ClNO2. The molecule has 2 fully saturated rings. The van der Waals surface area contributed by atoms with Crippen LogP contribution in [0.3, 0.4) is 0 Å². The van der Waals surface area contributed by atoms with E-state index < -0.39 is 0 Å². The van der Waals surface area contributed by atoms with Gasteiger partial charge in [0.05, 0.1) is 12.2 Å². The highest BCUT2D eigenvalue weighted by atomic mass is 35.5. The topological polar surface area (TPSA) is 44.5 Å². The van der Waals surface area contributed by atoms with E-state index in [1.54, 1.807) is 0 Å². The molecule has 1 unspecified atom stereocenters. The Bertz CT molecular complexity index is 459. The van der Waals surface area contributed by atoms with Gasteiger partial charge in [-0.1, -0.05) is 11.6 Å². The minimum Gasteiger partial charge on any atom is -0.490 e. The van der Waals surface area contributed by atoms with Gasteiger partial charge in [0.15, 0.2) is 0 Å². The quantitative estimate of drug-likeness (QED) is 0.925. The molecule has 1 aromatic carbocycles. The summed E-state index contributed by atoms with van der Waals surface area (Å²) in [5.41, 5.74) is 6.84. The lowest BCUT2D eigenvalue weighted by Crippen LogP contribution is -2.48. The molecule has 2 aliphatic rings. The normalized spacial score (nSPS) is 25.1. The van der Waals surface area contributed by atoms with E-state index in [4.69, 9.17) is 26.8 Å². The first-order chi connectivity index (χ1) is 9.21. The van der Waals surface area contributed by atoms with E-state index in [2.05, 4.69) is 0 Å². The van der Waals surface area contributed by atoms with E-state index in [9.17, 15) is 0 Å². The standard InChI is InChI=1S/C15H20ClNO2/c16-12-2-3-14(11(8-12)10-17)19-13-4-7-18-15(9-13)5-1-6-15/h2-3,8,13H,1,4-7,9-10,17H2. The number of hydrogen-bond acceptors (Lipinski definition) is 3. The van der Waals surface area contributed by atoms with Crippen molar-refractivity contribution in [3.8, 4) is 5.75 Å². The number of nitrogens with two attached hydrogens (primary N) is 1. The van der Waals surface area contributed by atoms with Crippen molar-refractivity contribution in [2.24, 2.45) is 5.73 Å². The van der Waals surface area contributed by atoms with Gasteiger partial charge in [0, 0.05) is 30.0 Å². The van der Waals surface area contributed by atoms with Gasteiger partial charge in [-0.25, -0.2) is 0 Å². The average Bonchev–Trinajstić information content (AvgIpc) is 2.39. The van der Waals surface area contributed by atoms with E-state index in [0.29, 0.717) is 11.6 Å². The number of ether oxygens (including phenoxy) is 2. The highest BCUT2D eigenvalue weighted by molar-refractivity contribution is 6.30. The Labute approximate surface area is 119 Å². The fourth-order valence-electron chi connectivity index (χ4n) is 3.01. The lowest BCUT2D eigenvalue weighted by molar-refractivity contribution is -0.153. The summed E-state index contributed by atoms with van der Waals surface area (Å²) in [5.74, 6) is 0.869. The minimum absolute atomic E-state index is 0.109. The summed E-state index contributed by atoms with van der Waals surface area (Å²) in [5, 5.41) is 0.704. The lowest BCUT2D eigenvalue weighted by Gasteiger charge is -2.47. The van der Waals surface area contributed by atoms with Crippen molar-refractivity contribution < 1.29 is 9.47 Å². The maximum atomic E-state index is 6.14. The zero-order valence-electron chi connectivity index (χ0n) is 11.0. The van der Waals surface area contributed by atoms with Crippen molar-refractivity contribution in [2.75, 3.05) is 6.61 Å². The van der Waals surface area contributed by atoms with E-state index >= 15 is 0 Å². The van der Waals surface area contributed by atoms with Crippen LogP contribution in [0.1, 0.15) is 37.7 Å². The lowest BCUT2D eigenvalue weighted by atomic mass is 9.74. The second kappa shape index (κ2) is 5.31. The molecule has 1 aliphatic carbocycles. The van der Waals surface area contributed by atoms with E-state index in [1.165, 1.54) is 19.3 Å². The van der Waals surface area contributed by atoms with E-state index in [0.717, 1.165) is 30.8 Å².